The van der Waals surface area contributed by atoms with Crippen molar-refractivity contribution in [3.8, 4) is 5.75 Å². The highest BCUT2D eigenvalue weighted by Gasteiger charge is 2.01. The first-order chi connectivity index (χ1) is 9.79. The molecule has 1 aromatic heterocycles. The Morgan fingerprint density at radius 3 is 2.67 bits per heavy atom. The number of ether oxygens (including phenoxy) is 1. The molecule has 1 N–H and O–H groups in total. The number of methoxy groups -OCH3 is 1. The summed E-state index contributed by atoms with van der Waals surface area (Å²) in [5.41, 5.74) is 1.26. The molecule has 1 aromatic carbocycles. The Hall–Kier alpha value is -1.31. The van der Waals surface area contributed by atoms with E-state index < -0.39 is 0 Å². The van der Waals surface area contributed by atoms with Gasteiger partial charge in [0.05, 0.1) is 7.11 Å². The standard InChI is InChI=1S/C13H19N5OS.ClH/c1-18-13(15-16-17-18)20-9-3-8-14-10-11-4-6-12(19-2)7-5-11;/h4-7,14H,3,8-10H2,1-2H3;1H. The average molecular weight is 330 g/mol. The van der Waals surface area contributed by atoms with Gasteiger partial charge in [0.25, 0.3) is 0 Å². The van der Waals surface area contributed by atoms with Crippen LogP contribution in [0.15, 0.2) is 29.4 Å². The van der Waals surface area contributed by atoms with Gasteiger partial charge < -0.3 is 10.1 Å². The van der Waals surface area contributed by atoms with E-state index in [-0.39, 0.29) is 12.4 Å². The smallest absolute Gasteiger partial charge is 0.209 e. The minimum atomic E-state index is 0. The van der Waals surface area contributed by atoms with Gasteiger partial charge in [0, 0.05) is 19.3 Å². The Labute approximate surface area is 135 Å². The van der Waals surface area contributed by atoms with Crippen LogP contribution in [0.4, 0.5) is 0 Å². The summed E-state index contributed by atoms with van der Waals surface area (Å²) >= 11 is 1.68. The third-order valence-electron chi connectivity index (χ3n) is 2.80. The van der Waals surface area contributed by atoms with Gasteiger partial charge >= 0.3 is 0 Å². The number of nitrogens with one attached hydrogen (secondary N) is 1. The molecule has 0 atom stereocenters. The molecule has 0 aliphatic carbocycles. The molecule has 0 unspecified atom stereocenters. The Morgan fingerprint density at radius 2 is 2.05 bits per heavy atom. The largest absolute Gasteiger partial charge is 0.497 e. The molecule has 0 fully saturated rings. The van der Waals surface area contributed by atoms with Crippen molar-refractivity contribution in [2.24, 2.45) is 7.05 Å². The predicted molar refractivity (Wildman–Crippen MR) is 86.1 cm³/mol. The van der Waals surface area contributed by atoms with Crippen LogP contribution in [-0.4, -0.2) is 39.6 Å². The monoisotopic (exact) mass is 329 g/mol. The highest BCUT2D eigenvalue weighted by atomic mass is 35.5. The van der Waals surface area contributed by atoms with E-state index in [2.05, 4.69) is 33.0 Å². The number of tetrazole rings is 1. The molecular formula is C13H20ClN5OS. The van der Waals surface area contributed by atoms with E-state index in [0.29, 0.717) is 0 Å². The van der Waals surface area contributed by atoms with Crippen molar-refractivity contribution in [2.45, 2.75) is 18.1 Å². The fourth-order valence-corrected chi connectivity index (χ4v) is 2.47. The summed E-state index contributed by atoms with van der Waals surface area (Å²) in [4.78, 5) is 0. The predicted octanol–water partition coefficient (Wildman–Crippen LogP) is 1.91. The van der Waals surface area contributed by atoms with Gasteiger partial charge in [0.2, 0.25) is 5.16 Å². The molecule has 8 heteroatoms. The molecule has 0 radical (unpaired) electrons. The average Bonchev–Trinajstić information content (AvgIpc) is 2.89. The Bertz CT molecular complexity index is 520. The molecule has 0 aliphatic heterocycles. The minimum absolute atomic E-state index is 0. The van der Waals surface area contributed by atoms with E-state index in [1.807, 2.05) is 19.2 Å². The molecule has 0 bridgehead atoms. The number of nitrogens with zero attached hydrogens (tertiary/aromatic N) is 4. The molecule has 2 rings (SSSR count). The number of rotatable bonds is 8. The Kier molecular flexibility index (Phi) is 8.11. The summed E-state index contributed by atoms with van der Waals surface area (Å²) in [5.74, 6) is 1.89. The van der Waals surface area contributed by atoms with Gasteiger partial charge in [-0.1, -0.05) is 23.9 Å². The van der Waals surface area contributed by atoms with Crippen molar-refractivity contribution in [2.75, 3.05) is 19.4 Å². The van der Waals surface area contributed by atoms with Gasteiger partial charge in [-0.15, -0.1) is 17.5 Å². The van der Waals surface area contributed by atoms with E-state index in [1.54, 1.807) is 23.6 Å². The van der Waals surface area contributed by atoms with Crippen LogP contribution in [0.25, 0.3) is 0 Å². The summed E-state index contributed by atoms with van der Waals surface area (Å²) in [6.07, 6.45) is 1.08. The van der Waals surface area contributed by atoms with E-state index in [9.17, 15) is 0 Å². The van der Waals surface area contributed by atoms with E-state index in [0.717, 1.165) is 36.2 Å². The van der Waals surface area contributed by atoms with Crippen LogP contribution in [0.2, 0.25) is 0 Å². The first-order valence-corrected chi connectivity index (χ1v) is 7.47. The van der Waals surface area contributed by atoms with Crippen LogP contribution in [-0.2, 0) is 13.6 Å². The second kappa shape index (κ2) is 9.59. The van der Waals surface area contributed by atoms with E-state index in [4.69, 9.17) is 4.74 Å². The zero-order valence-electron chi connectivity index (χ0n) is 12.2. The number of thioether (sulfide) groups is 1. The number of halogens is 1. The third-order valence-corrected chi connectivity index (χ3v) is 3.90. The van der Waals surface area contributed by atoms with Crippen LogP contribution in [0, 0.1) is 0 Å². The maximum Gasteiger partial charge on any atom is 0.209 e. The van der Waals surface area contributed by atoms with Gasteiger partial charge in [0.1, 0.15) is 5.75 Å². The third kappa shape index (κ3) is 5.91. The van der Waals surface area contributed by atoms with E-state index >= 15 is 0 Å². The number of aromatic nitrogens is 4. The first kappa shape index (κ1) is 17.7. The molecule has 0 saturated carbocycles. The van der Waals surface area contributed by atoms with Crippen LogP contribution in [0.3, 0.4) is 0 Å². The summed E-state index contributed by atoms with van der Waals surface area (Å²) in [6.45, 7) is 1.85. The summed E-state index contributed by atoms with van der Waals surface area (Å²) in [7, 11) is 3.53. The van der Waals surface area contributed by atoms with E-state index in [1.165, 1.54) is 5.56 Å². The lowest BCUT2D eigenvalue weighted by Gasteiger charge is -2.05. The van der Waals surface area contributed by atoms with Gasteiger partial charge in [-0.3, -0.25) is 0 Å². The fourth-order valence-electron chi connectivity index (χ4n) is 1.68. The lowest BCUT2D eigenvalue weighted by molar-refractivity contribution is 0.414. The molecule has 116 valence electrons. The van der Waals surface area contributed by atoms with Crippen molar-refractivity contribution in [3.05, 3.63) is 29.8 Å². The molecule has 6 nitrogen and oxygen atoms in total. The Balaban J connectivity index is 0.00000220. The molecule has 0 spiro atoms. The number of hydrogen-bond acceptors (Lipinski definition) is 6. The minimum Gasteiger partial charge on any atom is -0.497 e. The van der Waals surface area contributed by atoms with Crippen LogP contribution in [0.1, 0.15) is 12.0 Å². The second-order valence-corrected chi connectivity index (χ2v) is 5.37. The highest BCUT2D eigenvalue weighted by Crippen LogP contribution is 2.13. The topological polar surface area (TPSA) is 64.9 Å². The molecule has 1 heterocycles. The normalized spacial score (nSPS) is 10.2. The molecule has 2 aromatic rings. The fraction of sp³-hybridized carbons (Fsp3) is 0.462. The van der Waals surface area contributed by atoms with Crippen LogP contribution < -0.4 is 10.1 Å². The van der Waals surface area contributed by atoms with Crippen LogP contribution in [0.5, 0.6) is 5.75 Å². The zero-order chi connectivity index (χ0) is 14.2. The molecular weight excluding hydrogens is 310 g/mol. The first-order valence-electron chi connectivity index (χ1n) is 6.48. The summed E-state index contributed by atoms with van der Waals surface area (Å²) in [6, 6.07) is 8.11. The number of aryl methyl sites for hydroxylation is 1. The SMILES string of the molecule is COc1ccc(CNCCCSc2nnnn2C)cc1.Cl. The maximum absolute atomic E-state index is 5.13. The molecule has 21 heavy (non-hydrogen) atoms. The number of hydrogen-bond donors (Lipinski definition) is 1. The van der Waals surface area contributed by atoms with Gasteiger partial charge in [-0.2, -0.15) is 0 Å². The molecule has 0 amide bonds. The Morgan fingerprint density at radius 1 is 1.29 bits per heavy atom. The quantitative estimate of drug-likeness (QED) is 0.589. The van der Waals surface area contributed by atoms with Crippen molar-refractivity contribution in [1.29, 1.82) is 0 Å². The van der Waals surface area contributed by atoms with Gasteiger partial charge in [0.15, 0.2) is 0 Å². The molecule has 0 aliphatic rings. The zero-order valence-corrected chi connectivity index (χ0v) is 13.8. The summed E-state index contributed by atoms with van der Waals surface area (Å²) < 4.78 is 6.82. The van der Waals surface area contributed by atoms with Gasteiger partial charge in [-0.05, 0) is 41.1 Å². The van der Waals surface area contributed by atoms with Crippen molar-refractivity contribution >= 4 is 24.2 Å². The maximum atomic E-state index is 5.13. The summed E-state index contributed by atoms with van der Waals surface area (Å²) in [5, 5.41) is 15.6. The van der Waals surface area contributed by atoms with Crippen molar-refractivity contribution in [1.82, 2.24) is 25.5 Å². The lowest BCUT2D eigenvalue weighted by Crippen LogP contribution is -2.15. The number of benzene rings is 1. The lowest BCUT2D eigenvalue weighted by atomic mass is 10.2. The van der Waals surface area contributed by atoms with Gasteiger partial charge in [-0.25, -0.2) is 4.68 Å². The van der Waals surface area contributed by atoms with Crippen LogP contribution >= 0.6 is 24.2 Å². The van der Waals surface area contributed by atoms with Crippen molar-refractivity contribution in [3.63, 3.8) is 0 Å². The highest BCUT2D eigenvalue weighted by molar-refractivity contribution is 7.99. The molecule has 0 saturated heterocycles. The second-order valence-electron chi connectivity index (χ2n) is 4.31. The van der Waals surface area contributed by atoms with Crippen molar-refractivity contribution < 1.29 is 4.74 Å².